The molecule has 0 aliphatic heterocycles. The van der Waals surface area contributed by atoms with Gasteiger partial charge in [0.15, 0.2) is 0 Å². The Labute approximate surface area is 165 Å². The SMILES string of the molecule is Cc1ccc(SCCNC(=O)Cn2nc(C)c(S(=O)(=O)N(C)C)c2C)cc1. The second-order valence-electron chi connectivity index (χ2n) is 6.46. The molecule has 1 aromatic carbocycles. The van der Waals surface area contributed by atoms with Crippen LogP contribution in [0.1, 0.15) is 17.0 Å². The molecule has 0 spiro atoms. The van der Waals surface area contributed by atoms with Crippen molar-refractivity contribution in [3.63, 3.8) is 0 Å². The molecule has 2 aromatic rings. The standard InChI is InChI=1S/C18H26N4O3S2/c1-13-6-8-16(9-7-13)26-11-10-19-17(23)12-22-15(3)18(14(2)20-22)27(24,25)21(4)5/h6-9H,10-12H2,1-5H3,(H,19,23). The number of benzene rings is 1. The molecule has 0 fully saturated rings. The van der Waals surface area contributed by atoms with E-state index in [2.05, 4.69) is 34.7 Å². The number of hydrogen-bond donors (Lipinski definition) is 1. The van der Waals surface area contributed by atoms with E-state index in [1.807, 2.05) is 6.92 Å². The molecule has 0 unspecified atom stereocenters. The van der Waals surface area contributed by atoms with Gasteiger partial charge in [-0.1, -0.05) is 17.7 Å². The van der Waals surface area contributed by atoms with Gasteiger partial charge in [0.25, 0.3) is 0 Å². The molecule has 0 aliphatic rings. The molecule has 1 N–H and O–H groups in total. The number of hydrogen-bond acceptors (Lipinski definition) is 5. The van der Waals surface area contributed by atoms with Crippen molar-refractivity contribution >= 4 is 27.7 Å². The van der Waals surface area contributed by atoms with Gasteiger partial charge in [0.05, 0.1) is 11.4 Å². The van der Waals surface area contributed by atoms with Crippen LogP contribution in [0.2, 0.25) is 0 Å². The number of sulfonamides is 1. The van der Waals surface area contributed by atoms with Gasteiger partial charge >= 0.3 is 0 Å². The summed E-state index contributed by atoms with van der Waals surface area (Å²) in [6.45, 7) is 5.86. The Kier molecular flexibility index (Phi) is 7.07. The molecular weight excluding hydrogens is 384 g/mol. The summed E-state index contributed by atoms with van der Waals surface area (Å²) in [5, 5.41) is 7.08. The number of nitrogens with zero attached hydrogens (tertiary/aromatic N) is 3. The number of thioether (sulfide) groups is 1. The number of carbonyl (C=O) groups is 1. The first-order valence-corrected chi connectivity index (χ1v) is 11.0. The van der Waals surface area contributed by atoms with Gasteiger partial charge in [0.1, 0.15) is 11.4 Å². The van der Waals surface area contributed by atoms with E-state index in [1.165, 1.54) is 24.3 Å². The number of rotatable bonds is 8. The van der Waals surface area contributed by atoms with Gasteiger partial charge in [-0.15, -0.1) is 11.8 Å². The van der Waals surface area contributed by atoms with E-state index < -0.39 is 10.0 Å². The number of aromatic nitrogens is 2. The van der Waals surface area contributed by atoms with Crippen LogP contribution < -0.4 is 5.32 Å². The lowest BCUT2D eigenvalue weighted by Gasteiger charge is -2.12. The Morgan fingerprint density at radius 1 is 1.19 bits per heavy atom. The van der Waals surface area contributed by atoms with Crippen LogP contribution in [0.4, 0.5) is 0 Å². The molecule has 9 heteroatoms. The summed E-state index contributed by atoms with van der Waals surface area (Å²) in [6.07, 6.45) is 0. The van der Waals surface area contributed by atoms with Crippen LogP contribution in [0.5, 0.6) is 0 Å². The van der Waals surface area contributed by atoms with Crippen molar-refractivity contribution in [1.29, 1.82) is 0 Å². The normalized spacial score (nSPS) is 11.8. The largest absolute Gasteiger partial charge is 0.354 e. The maximum atomic E-state index is 12.4. The van der Waals surface area contributed by atoms with Crippen molar-refractivity contribution in [2.24, 2.45) is 0 Å². The van der Waals surface area contributed by atoms with Gasteiger partial charge in [-0.3, -0.25) is 9.48 Å². The monoisotopic (exact) mass is 410 g/mol. The van der Waals surface area contributed by atoms with Crippen molar-refractivity contribution in [3.05, 3.63) is 41.2 Å². The Morgan fingerprint density at radius 2 is 1.81 bits per heavy atom. The minimum atomic E-state index is -3.59. The topological polar surface area (TPSA) is 84.3 Å². The van der Waals surface area contributed by atoms with Gasteiger partial charge in [0, 0.05) is 31.3 Å². The quantitative estimate of drug-likeness (QED) is 0.531. The number of aryl methyl sites for hydroxylation is 2. The van der Waals surface area contributed by atoms with Gasteiger partial charge < -0.3 is 5.32 Å². The first kappa shape index (κ1) is 21.5. The predicted octanol–water partition coefficient (Wildman–Crippen LogP) is 1.97. The van der Waals surface area contributed by atoms with Crippen LogP contribution in [0.3, 0.4) is 0 Å². The van der Waals surface area contributed by atoms with Crippen molar-refractivity contribution < 1.29 is 13.2 Å². The molecule has 0 aliphatic carbocycles. The molecule has 0 atom stereocenters. The van der Waals surface area contributed by atoms with Crippen LogP contribution in [0, 0.1) is 20.8 Å². The third-order valence-corrected chi connectivity index (χ3v) is 7.14. The molecule has 0 bridgehead atoms. The van der Waals surface area contributed by atoms with Gasteiger partial charge in [-0.25, -0.2) is 12.7 Å². The Morgan fingerprint density at radius 3 is 2.41 bits per heavy atom. The van der Waals surface area contributed by atoms with E-state index in [1.54, 1.807) is 25.6 Å². The lowest BCUT2D eigenvalue weighted by Crippen LogP contribution is -2.30. The van der Waals surface area contributed by atoms with E-state index in [4.69, 9.17) is 0 Å². The molecule has 0 saturated carbocycles. The molecular formula is C18H26N4O3S2. The highest BCUT2D eigenvalue weighted by Crippen LogP contribution is 2.22. The van der Waals surface area contributed by atoms with Crippen LogP contribution >= 0.6 is 11.8 Å². The fourth-order valence-electron chi connectivity index (χ4n) is 2.58. The maximum absolute atomic E-state index is 12.4. The number of carbonyl (C=O) groups excluding carboxylic acids is 1. The minimum Gasteiger partial charge on any atom is -0.354 e. The minimum absolute atomic E-state index is 0.00911. The molecule has 148 valence electrons. The fourth-order valence-corrected chi connectivity index (χ4v) is 4.60. The third-order valence-electron chi connectivity index (χ3n) is 4.06. The molecule has 0 saturated heterocycles. The molecule has 7 nitrogen and oxygen atoms in total. The van der Waals surface area contributed by atoms with Crippen LogP contribution in [-0.4, -0.2) is 54.8 Å². The van der Waals surface area contributed by atoms with Crippen molar-refractivity contribution in [2.75, 3.05) is 26.4 Å². The molecule has 2 rings (SSSR count). The van der Waals surface area contributed by atoms with E-state index in [0.29, 0.717) is 17.9 Å². The zero-order chi connectivity index (χ0) is 20.2. The molecule has 1 heterocycles. The zero-order valence-electron chi connectivity index (χ0n) is 16.3. The summed E-state index contributed by atoms with van der Waals surface area (Å²) in [6, 6.07) is 8.24. The second-order valence-corrected chi connectivity index (χ2v) is 9.71. The van der Waals surface area contributed by atoms with Gasteiger partial charge in [0.2, 0.25) is 15.9 Å². The van der Waals surface area contributed by atoms with E-state index in [0.717, 1.165) is 15.0 Å². The van der Waals surface area contributed by atoms with Crippen molar-refractivity contribution in [3.8, 4) is 0 Å². The lowest BCUT2D eigenvalue weighted by atomic mass is 10.2. The Hall–Kier alpha value is -1.84. The third kappa shape index (κ3) is 5.33. The number of amides is 1. The summed E-state index contributed by atoms with van der Waals surface area (Å²) in [7, 11) is -0.641. The summed E-state index contributed by atoms with van der Waals surface area (Å²) in [4.78, 5) is 13.5. The fraction of sp³-hybridized carbons (Fsp3) is 0.444. The molecule has 1 aromatic heterocycles. The first-order chi connectivity index (χ1) is 12.6. The zero-order valence-corrected chi connectivity index (χ0v) is 17.9. The average Bonchev–Trinajstić information content (AvgIpc) is 2.87. The van der Waals surface area contributed by atoms with E-state index >= 15 is 0 Å². The second kappa shape index (κ2) is 8.90. The highest BCUT2D eigenvalue weighted by Gasteiger charge is 2.27. The van der Waals surface area contributed by atoms with Crippen LogP contribution in [0.15, 0.2) is 34.1 Å². The van der Waals surface area contributed by atoms with Crippen LogP contribution in [-0.2, 0) is 21.4 Å². The van der Waals surface area contributed by atoms with Crippen LogP contribution in [0.25, 0.3) is 0 Å². The number of nitrogens with one attached hydrogen (secondary N) is 1. The van der Waals surface area contributed by atoms with Gasteiger partial charge in [-0.2, -0.15) is 5.10 Å². The molecule has 0 radical (unpaired) electrons. The summed E-state index contributed by atoms with van der Waals surface area (Å²) >= 11 is 1.67. The van der Waals surface area contributed by atoms with E-state index in [-0.39, 0.29) is 17.3 Å². The lowest BCUT2D eigenvalue weighted by molar-refractivity contribution is -0.121. The smallest absolute Gasteiger partial charge is 0.246 e. The summed E-state index contributed by atoms with van der Waals surface area (Å²) in [5.41, 5.74) is 2.07. The summed E-state index contributed by atoms with van der Waals surface area (Å²) < 4.78 is 27.4. The van der Waals surface area contributed by atoms with Gasteiger partial charge in [-0.05, 0) is 32.9 Å². The predicted molar refractivity (Wildman–Crippen MR) is 107 cm³/mol. The van der Waals surface area contributed by atoms with E-state index in [9.17, 15) is 13.2 Å². The Balaban J connectivity index is 1.91. The summed E-state index contributed by atoms with van der Waals surface area (Å²) in [5.74, 6) is 0.561. The molecule has 1 amide bonds. The highest BCUT2D eigenvalue weighted by molar-refractivity contribution is 7.99. The average molecular weight is 411 g/mol. The van der Waals surface area contributed by atoms with Crippen molar-refractivity contribution in [2.45, 2.75) is 37.1 Å². The van der Waals surface area contributed by atoms with Crippen molar-refractivity contribution in [1.82, 2.24) is 19.4 Å². The first-order valence-electron chi connectivity index (χ1n) is 8.55. The Bertz CT molecular complexity index is 903. The molecule has 27 heavy (non-hydrogen) atoms. The maximum Gasteiger partial charge on any atom is 0.246 e. The highest BCUT2D eigenvalue weighted by atomic mass is 32.2.